The highest BCUT2D eigenvalue weighted by Gasteiger charge is 2.14. The average Bonchev–Trinajstić information content (AvgIpc) is 2.55. The van der Waals surface area contributed by atoms with Crippen LogP contribution in [0.3, 0.4) is 0 Å². The van der Waals surface area contributed by atoms with Gasteiger partial charge in [0.25, 0.3) is 0 Å². The van der Waals surface area contributed by atoms with Gasteiger partial charge in [-0.2, -0.15) is 0 Å². The van der Waals surface area contributed by atoms with Crippen molar-refractivity contribution < 1.29 is 19.1 Å². The number of hydrogen-bond donors (Lipinski definition) is 2. The monoisotopic (exact) mass is 330 g/mol. The first-order valence-corrected chi connectivity index (χ1v) is 7.57. The van der Waals surface area contributed by atoms with E-state index in [0.717, 1.165) is 5.56 Å². The Bertz CT molecular complexity index is 692. The third-order valence-corrected chi connectivity index (χ3v) is 3.41. The quantitative estimate of drug-likeness (QED) is 0.777. The lowest BCUT2D eigenvalue weighted by atomic mass is 10.1. The number of nitrogens with zero attached hydrogens (tertiary/aromatic N) is 1. The highest BCUT2D eigenvalue weighted by molar-refractivity contribution is 5.84. The van der Waals surface area contributed by atoms with E-state index in [1.165, 1.54) is 17.0 Å². The molecule has 2 N–H and O–H groups in total. The van der Waals surface area contributed by atoms with Crippen LogP contribution >= 0.6 is 0 Å². The number of rotatable bonds is 8. The van der Waals surface area contributed by atoms with Gasteiger partial charge in [-0.05, 0) is 36.2 Å². The number of carbonyl (C=O) groups excluding carboxylic acids is 1. The van der Waals surface area contributed by atoms with E-state index in [1.54, 1.807) is 36.4 Å². The van der Waals surface area contributed by atoms with Crippen molar-refractivity contribution in [1.82, 2.24) is 5.32 Å². The van der Waals surface area contributed by atoms with Crippen molar-refractivity contribution >= 4 is 17.6 Å². The summed E-state index contributed by atoms with van der Waals surface area (Å²) in [6, 6.07) is 15.1. The molecule has 2 aromatic rings. The molecule has 126 valence electrons. The van der Waals surface area contributed by atoms with Crippen molar-refractivity contribution in [1.29, 1.82) is 0 Å². The first-order chi connectivity index (χ1) is 11.5. The van der Waals surface area contributed by atoms with E-state index >= 15 is 0 Å². The number of aliphatic carboxylic acids is 1. The lowest BCUT2D eigenvalue weighted by Gasteiger charge is -2.22. The first kappa shape index (κ1) is 17.5. The van der Waals surface area contributed by atoms with Crippen LogP contribution < -0.4 is 10.2 Å². The van der Waals surface area contributed by atoms with E-state index in [0.29, 0.717) is 18.7 Å². The number of nitrogens with one attached hydrogen (secondary N) is 1. The van der Waals surface area contributed by atoms with Gasteiger partial charge in [-0.15, -0.1) is 0 Å². The summed E-state index contributed by atoms with van der Waals surface area (Å²) in [5, 5.41) is 11.7. The van der Waals surface area contributed by atoms with E-state index in [1.807, 2.05) is 6.07 Å². The maximum atomic E-state index is 13.1. The van der Waals surface area contributed by atoms with Crippen molar-refractivity contribution in [3.05, 3.63) is 66.0 Å². The minimum Gasteiger partial charge on any atom is -0.480 e. The van der Waals surface area contributed by atoms with Crippen LogP contribution in [0.1, 0.15) is 5.56 Å². The number of carboxylic acids is 1. The molecule has 5 nitrogen and oxygen atoms in total. The summed E-state index contributed by atoms with van der Waals surface area (Å²) in [5.74, 6) is -1.60. The second-order valence-electron chi connectivity index (χ2n) is 5.32. The number of amides is 1. The molecule has 0 aliphatic rings. The molecule has 0 fully saturated rings. The molecule has 0 saturated carbocycles. The predicted octanol–water partition coefficient (Wildman–Crippen LogP) is 2.08. The minimum absolute atomic E-state index is 0.0561. The zero-order valence-electron chi connectivity index (χ0n) is 13.1. The van der Waals surface area contributed by atoms with E-state index in [9.17, 15) is 14.0 Å². The maximum absolute atomic E-state index is 13.1. The second kappa shape index (κ2) is 8.67. The molecule has 0 atom stereocenters. The molecule has 0 spiro atoms. The minimum atomic E-state index is -1.01. The van der Waals surface area contributed by atoms with Gasteiger partial charge in [0, 0.05) is 12.2 Å². The Kier molecular flexibility index (Phi) is 6.31. The number of halogens is 1. The van der Waals surface area contributed by atoms with Crippen LogP contribution in [0.25, 0.3) is 0 Å². The topological polar surface area (TPSA) is 69.6 Å². The molecule has 2 aromatic carbocycles. The standard InChI is InChI=1S/C18H19FN2O3/c19-15-6-4-5-14(11-15)9-10-20-17(22)12-21(13-18(23)24)16-7-2-1-3-8-16/h1-8,11H,9-10,12-13H2,(H,20,22)(H,23,24). The van der Waals surface area contributed by atoms with E-state index in [4.69, 9.17) is 5.11 Å². The fourth-order valence-corrected chi connectivity index (χ4v) is 2.31. The Morgan fingerprint density at radius 2 is 1.79 bits per heavy atom. The first-order valence-electron chi connectivity index (χ1n) is 7.57. The fourth-order valence-electron chi connectivity index (χ4n) is 2.31. The van der Waals surface area contributed by atoms with Gasteiger partial charge in [-0.1, -0.05) is 30.3 Å². The predicted molar refractivity (Wildman–Crippen MR) is 89.4 cm³/mol. The number of hydrogen-bond acceptors (Lipinski definition) is 3. The molecular formula is C18H19FN2O3. The molecule has 0 aliphatic heterocycles. The molecule has 0 aliphatic carbocycles. The Balaban J connectivity index is 1.87. The number of benzene rings is 2. The van der Waals surface area contributed by atoms with Crippen LogP contribution in [-0.2, 0) is 16.0 Å². The SMILES string of the molecule is O=C(O)CN(CC(=O)NCCc1cccc(F)c1)c1ccccc1. The van der Waals surface area contributed by atoms with Crippen molar-refractivity contribution in [3.8, 4) is 0 Å². The van der Waals surface area contributed by atoms with Gasteiger partial charge >= 0.3 is 5.97 Å². The molecule has 0 heterocycles. The van der Waals surface area contributed by atoms with Crippen molar-refractivity contribution in [2.45, 2.75) is 6.42 Å². The van der Waals surface area contributed by atoms with E-state index in [2.05, 4.69) is 5.32 Å². The molecule has 0 saturated heterocycles. The molecule has 0 aromatic heterocycles. The second-order valence-corrected chi connectivity index (χ2v) is 5.32. The van der Waals surface area contributed by atoms with Gasteiger partial charge in [0.15, 0.2) is 0 Å². The maximum Gasteiger partial charge on any atom is 0.323 e. The summed E-state index contributed by atoms with van der Waals surface area (Å²) in [6.45, 7) is 0.0405. The largest absolute Gasteiger partial charge is 0.480 e. The summed E-state index contributed by atoms with van der Waals surface area (Å²) in [5.41, 5.74) is 1.46. The van der Waals surface area contributed by atoms with Crippen LogP contribution in [0.4, 0.5) is 10.1 Å². The third kappa shape index (κ3) is 5.72. The normalized spacial score (nSPS) is 10.2. The number of para-hydroxylation sites is 1. The highest BCUT2D eigenvalue weighted by atomic mass is 19.1. The lowest BCUT2D eigenvalue weighted by Crippen LogP contribution is -2.40. The summed E-state index contributed by atoms with van der Waals surface area (Å²) < 4.78 is 13.1. The molecular weight excluding hydrogens is 311 g/mol. The molecule has 0 bridgehead atoms. The molecule has 1 amide bonds. The van der Waals surface area contributed by atoms with Crippen molar-refractivity contribution in [2.24, 2.45) is 0 Å². The molecule has 0 radical (unpaired) electrons. The van der Waals surface area contributed by atoms with Gasteiger partial charge in [-0.25, -0.2) is 4.39 Å². The Morgan fingerprint density at radius 3 is 2.46 bits per heavy atom. The van der Waals surface area contributed by atoms with Crippen LogP contribution in [0.2, 0.25) is 0 Å². The van der Waals surface area contributed by atoms with Gasteiger partial charge in [-0.3, -0.25) is 9.59 Å². The van der Waals surface area contributed by atoms with Gasteiger partial charge in [0.05, 0.1) is 6.54 Å². The average molecular weight is 330 g/mol. The van der Waals surface area contributed by atoms with Crippen LogP contribution in [0.15, 0.2) is 54.6 Å². The van der Waals surface area contributed by atoms with Crippen molar-refractivity contribution in [2.75, 3.05) is 24.5 Å². The Labute approximate surface area is 139 Å². The van der Waals surface area contributed by atoms with E-state index in [-0.39, 0.29) is 24.8 Å². The number of anilines is 1. The Morgan fingerprint density at radius 1 is 1.04 bits per heavy atom. The fraction of sp³-hybridized carbons (Fsp3) is 0.222. The summed E-state index contributed by atoms with van der Waals surface area (Å²) in [7, 11) is 0. The zero-order chi connectivity index (χ0) is 17.4. The molecule has 6 heteroatoms. The number of carboxylic acid groups (broad SMARTS) is 1. The highest BCUT2D eigenvalue weighted by Crippen LogP contribution is 2.12. The van der Waals surface area contributed by atoms with Gasteiger partial charge < -0.3 is 15.3 Å². The lowest BCUT2D eigenvalue weighted by molar-refractivity contribution is -0.135. The zero-order valence-corrected chi connectivity index (χ0v) is 13.1. The summed E-state index contributed by atoms with van der Waals surface area (Å²) in [6.07, 6.45) is 0.508. The van der Waals surface area contributed by atoms with Crippen molar-refractivity contribution in [3.63, 3.8) is 0 Å². The van der Waals surface area contributed by atoms with Gasteiger partial charge in [0.1, 0.15) is 12.4 Å². The van der Waals surface area contributed by atoms with Crippen LogP contribution in [-0.4, -0.2) is 36.6 Å². The molecule has 2 rings (SSSR count). The van der Waals surface area contributed by atoms with E-state index < -0.39 is 5.97 Å². The van der Waals surface area contributed by atoms with Crippen LogP contribution in [0, 0.1) is 5.82 Å². The summed E-state index contributed by atoms with van der Waals surface area (Å²) in [4.78, 5) is 24.5. The van der Waals surface area contributed by atoms with Gasteiger partial charge in [0.2, 0.25) is 5.91 Å². The molecule has 0 unspecified atom stereocenters. The smallest absolute Gasteiger partial charge is 0.323 e. The number of carbonyl (C=O) groups is 2. The Hall–Kier alpha value is -2.89. The van der Waals surface area contributed by atoms with Crippen LogP contribution in [0.5, 0.6) is 0 Å². The third-order valence-electron chi connectivity index (χ3n) is 3.41. The molecule has 24 heavy (non-hydrogen) atoms. The summed E-state index contributed by atoms with van der Waals surface area (Å²) >= 11 is 0.